The highest BCUT2D eigenvalue weighted by molar-refractivity contribution is 6.07. The van der Waals surface area contributed by atoms with Crippen LogP contribution in [0.5, 0.6) is 0 Å². The maximum absolute atomic E-state index is 13.6. The number of benzene rings is 2. The molecule has 1 atom stereocenters. The second kappa shape index (κ2) is 6.02. The van der Waals surface area contributed by atoms with Gasteiger partial charge in [-0.05, 0) is 66.2 Å². The van der Waals surface area contributed by atoms with Crippen molar-refractivity contribution in [1.82, 2.24) is 15.4 Å². The number of hydrogen-bond donors (Lipinski definition) is 1. The van der Waals surface area contributed by atoms with Gasteiger partial charge < -0.3 is 0 Å². The summed E-state index contributed by atoms with van der Waals surface area (Å²) in [7, 11) is 0. The maximum atomic E-state index is 13.6. The summed E-state index contributed by atoms with van der Waals surface area (Å²) in [6, 6.07) is 9.51. The van der Waals surface area contributed by atoms with Crippen LogP contribution in [0, 0.1) is 5.41 Å². The molecule has 0 fully saturated rings. The molecule has 0 saturated heterocycles. The predicted octanol–water partition coefficient (Wildman–Crippen LogP) is 4.90. The van der Waals surface area contributed by atoms with Crippen molar-refractivity contribution in [3.05, 3.63) is 64.2 Å². The molecular formula is C22H18F3N3O. The van der Waals surface area contributed by atoms with Gasteiger partial charge >= 0.3 is 6.18 Å². The number of alkyl halides is 3. The topological polar surface area (TPSA) is 58.6 Å². The summed E-state index contributed by atoms with van der Waals surface area (Å²) in [6.45, 7) is 1.79. The van der Waals surface area contributed by atoms with Crippen LogP contribution in [-0.2, 0) is 23.8 Å². The molecule has 2 aliphatic rings. The number of nitrogens with zero attached hydrogens (tertiary/aromatic N) is 2. The van der Waals surface area contributed by atoms with Crippen LogP contribution in [0.3, 0.4) is 0 Å². The number of aromatic amines is 1. The SMILES string of the molecule is CC1=C2c3ccc4n[nH]nc4c3CC2(Cc2ccccc2C(F)(F)F)CCC1=O. The van der Waals surface area contributed by atoms with Crippen molar-refractivity contribution in [3.63, 3.8) is 0 Å². The first-order valence-electron chi connectivity index (χ1n) is 9.52. The van der Waals surface area contributed by atoms with Crippen molar-refractivity contribution in [2.75, 3.05) is 0 Å². The molecule has 0 amide bonds. The number of carbonyl (C=O) groups is 1. The lowest BCUT2D eigenvalue weighted by Gasteiger charge is -2.36. The van der Waals surface area contributed by atoms with E-state index in [-0.39, 0.29) is 17.8 Å². The van der Waals surface area contributed by atoms with E-state index >= 15 is 0 Å². The molecule has 0 bridgehead atoms. The highest BCUT2D eigenvalue weighted by Crippen LogP contribution is 2.56. The van der Waals surface area contributed by atoms with E-state index in [2.05, 4.69) is 15.4 Å². The van der Waals surface area contributed by atoms with Crippen molar-refractivity contribution in [2.45, 2.75) is 38.8 Å². The van der Waals surface area contributed by atoms with E-state index in [0.717, 1.165) is 33.8 Å². The molecule has 3 aromatic rings. The summed E-state index contributed by atoms with van der Waals surface area (Å²) < 4.78 is 40.9. The molecule has 2 aromatic carbocycles. The van der Waals surface area contributed by atoms with Crippen LogP contribution in [-0.4, -0.2) is 21.2 Å². The quantitative estimate of drug-likeness (QED) is 0.669. The fourth-order valence-corrected chi connectivity index (χ4v) is 5.14. The summed E-state index contributed by atoms with van der Waals surface area (Å²) in [5.41, 5.74) is 3.98. The molecule has 148 valence electrons. The van der Waals surface area contributed by atoms with Gasteiger partial charge in [-0.2, -0.15) is 28.6 Å². The largest absolute Gasteiger partial charge is 0.416 e. The fraction of sp³-hybridized carbons (Fsp3) is 0.318. The molecule has 0 spiro atoms. The van der Waals surface area contributed by atoms with Crippen LogP contribution in [0.15, 0.2) is 42.0 Å². The summed E-state index contributed by atoms with van der Waals surface area (Å²) in [4.78, 5) is 12.5. The number of hydrogen-bond acceptors (Lipinski definition) is 3. The minimum atomic E-state index is -4.42. The number of ketones is 1. The van der Waals surface area contributed by atoms with Crippen LogP contribution in [0.4, 0.5) is 13.2 Å². The standard InChI is InChI=1S/C22H18F3N3O/c1-12-18(29)8-9-21(10-13-4-2-3-5-16(13)22(23,24)25)11-15-14(19(12)21)6-7-17-20(15)27-28-26-17/h2-7H,8-11H2,1H3,(H,26,27,28). The van der Waals surface area contributed by atoms with Gasteiger partial charge in [-0.3, -0.25) is 4.79 Å². The van der Waals surface area contributed by atoms with Crippen LogP contribution in [0.1, 0.15) is 42.0 Å². The van der Waals surface area contributed by atoms with Gasteiger partial charge in [0.05, 0.1) is 5.56 Å². The Morgan fingerprint density at radius 2 is 1.93 bits per heavy atom. The first-order valence-corrected chi connectivity index (χ1v) is 9.52. The summed E-state index contributed by atoms with van der Waals surface area (Å²) in [6.07, 6.45) is -2.76. The molecule has 0 radical (unpaired) electrons. The highest BCUT2D eigenvalue weighted by atomic mass is 19.4. The zero-order valence-corrected chi connectivity index (χ0v) is 15.7. The first kappa shape index (κ1) is 18.1. The number of carbonyl (C=O) groups excluding carboxylic acids is 1. The van der Waals surface area contributed by atoms with Gasteiger partial charge in [-0.15, -0.1) is 0 Å². The molecule has 29 heavy (non-hydrogen) atoms. The smallest absolute Gasteiger partial charge is 0.295 e. The molecule has 0 saturated carbocycles. The van der Waals surface area contributed by atoms with Crippen molar-refractivity contribution in [2.24, 2.45) is 5.41 Å². The fourth-order valence-electron chi connectivity index (χ4n) is 5.14. The number of nitrogens with one attached hydrogen (secondary N) is 1. The Morgan fingerprint density at radius 1 is 1.14 bits per heavy atom. The van der Waals surface area contributed by atoms with E-state index in [1.807, 2.05) is 12.1 Å². The van der Waals surface area contributed by atoms with Crippen molar-refractivity contribution < 1.29 is 18.0 Å². The first-order chi connectivity index (χ1) is 13.8. The molecule has 4 nitrogen and oxygen atoms in total. The Kier molecular flexibility index (Phi) is 3.75. The third-order valence-electron chi connectivity index (χ3n) is 6.38. The second-order valence-corrected chi connectivity index (χ2v) is 7.99. The number of H-pyrrole nitrogens is 1. The minimum Gasteiger partial charge on any atom is -0.295 e. The van der Waals surface area contributed by atoms with Crippen molar-refractivity contribution in [3.8, 4) is 0 Å². The number of allylic oxidation sites excluding steroid dienone is 2. The van der Waals surface area contributed by atoms with Gasteiger partial charge in [-0.1, -0.05) is 24.3 Å². The van der Waals surface area contributed by atoms with E-state index < -0.39 is 17.2 Å². The Labute approximate surface area is 164 Å². The van der Waals surface area contributed by atoms with E-state index in [1.54, 1.807) is 19.1 Å². The minimum absolute atomic E-state index is 0.0628. The predicted molar refractivity (Wildman–Crippen MR) is 102 cm³/mol. The van der Waals surface area contributed by atoms with E-state index in [9.17, 15) is 18.0 Å². The zero-order valence-electron chi connectivity index (χ0n) is 15.7. The molecule has 1 unspecified atom stereocenters. The average Bonchev–Trinajstić information content (AvgIpc) is 3.27. The van der Waals surface area contributed by atoms with Crippen LogP contribution in [0.2, 0.25) is 0 Å². The van der Waals surface area contributed by atoms with Gasteiger partial charge in [0.25, 0.3) is 0 Å². The molecule has 5 rings (SSSR count). The molecule has 1 aromatic heterocycles. The Hall–Kier alpha value is -2.96. The Bertz CT molecular complexity index is 1190. The van der Waals surface area contributed by atoms with E-state index in [4.69, 9.17) is 0 Å². The van der Waals surface area contributed by atoms with E-state index in [1.165, 1.54) is 6.07 Å². The molecular weight excluding hydrogens is 379 g/mol. The second-order valence-electron chi connectivity index (χ2n) is 7.99. The van der Waals surface area contributed by atoms with Crippen LogP contribution < -0.4 is 0 Å². The number of aromatic nitrogens is 3. The van der Waals surface area contributed by atoms with Crippen LogP contribution >= 0.6 is 0 Å². The van der Waals surface area contributed by atoms with Gasteiger partial charge in [0.15, 0.2) is 5.78 Å². The number of Topliss-reactive ketones (excluding diaryl/α,β-unsaturated/α-hetero) is 1. The average molecular weight is 397 g/mol. The molecule has 1 N–H and O–H groups in total. The highest BCUT2D eigenvalue weighted by Gasteiger charge is 2.48. The Balaban J connectivity index is 1.71. The summed E-state index contributed by atoms with van der Waals surface area (Å²) in [5, 5.41) is 11.0. The Morgan fingerprint density at radius 3 is 2.72 bits per heavy atom. The van der Waals surface area contributed by atoms with Gasteiger partial charge in [-0.25, -0.2) is 0 Å². The van der Waals surface area contributed by atoms with Gasteiger partial charge in [0, 0.05) is 11.8 Å². The lowest BCUT2D eigenvalue weighted by molar-refractivity contribution is -0.138. The number of rotatable bonds is 2. The monoisotopic (exact) mass is 397 g/mol. The lowest BCUT2D eigenvalue weighted by Crippen LogP contribution is -2.31. The molecule has 0 aliphatic heterocycles. The maximum Gasteiger partial charge on any atom is 0.416 e. The summed E-state index contributed by atoms with van der Waals surface area (Å²) in [5.74, 6) is 0.0628. The number of fused-ring (bicyclic) bond motifs is 5. The number of halogens is 3. The summed E-state index contributed by atoms with van der Waals surface area (Å²) >= 11 is 0. The third kappa shape index (κ3) is 2.63. The normalized spacial score (nSPS) is 21.6. The molecule has 7 heteroatoms. The van der Waals surface area contributed by atoms with E-state index in [0.29, 0.717) is 24.8 Å². The third-order valence-corrected chi connectivity index (χ3v) is 6.38. The lowest BCUT2D eigenvalue weighted by atomic mass is 9.66. The van der Waals surface area contributed by atoms with Crippen molar-refractivity contribution in [1.29, 1.82) is 0 Å². The molecule has 2 aliphatic carbocycles. The molecule has 1 heterocycles. The van der Waals surface area contributed by atoms with Gasteiger partial charge in [0.1, 0.15) is 11.0 Å². The van der Waals surface area contributed by atoms with Gasteiger partial charge in [0.2, 0.25) is 0 Å². The zero-order chi connectivity index (χ0) is 20.4. The van der Waals surface area contributed by atoms with Crippen LogP contribution in [0.25, 0.3) is 16.6 Å². The van der Waals surface area contributed by atoms with Crippen molar-refractivity contribution >= 4 is 22.4 Å².